The van der Waals surface area contributed by atoms with Crippen LogP contribution in [0, 0.1) is 0 Å². The number of halogens is 1. The van der Waals surface area contributed by atoms with Crippen molar-refractivity contribution >= 4 is 34.0 Å². The topological polar surface area (TPSA) is 54.5 Å². The van der Waals surface area contributed by atoms with Crippen molar-refractivity contribution in [1.29, 1.82) is 0 Å². The van der Waals surface area contributed by atoms with E-state index in [1.54, 1.807) is 6.20 Å². The Bertz CT molecular complexity index is 648. The van der Waals surface area contributed by atoms with Gasteiger partial charge in [0.05, 0.1) is 18.8 Å². The van der Waals surface area contributed by atoms with Gasteiger partial charge in [0.1, 0.15) is 0 Å². The zero-order valence-corrected chi connectivity index (χ0v) is 14.3. The number of ether oxygens (including phenoxy) is 1. The molecule has 7 heteroatoms. The van der Waals surface area contributed by atoms with Crippen LogP contribution in [0.4, 0.5) is 5.13 Å². The average molecular weight is 352 g/mol. The summed E-state index contributed by atoms with van der Waals surface area (Å²) in [4.78, 5) is 18.6. The average Bonchev–Trinajstić information content (AvgIpc) is 3.08. The van der Waals surface area contributed by atoms with Gasteiger partial charge >= 0.3 is 0 Å². The van der Waals surface area contributed by atoms with Gasteiger partial charge in [-0.3, -0.25) is 9.69 Å². The molecule has 1 fully saturated rings. The van der Waals surface area contributed by atoms with Crippen LogP contribution in [0.2, 0.25) is 5.02 Å². The maximum atomic E-state index is 12.4. The van der Waals surface area contributed by atoms with E-state index in [-0.39, 0.29) is 18.1 Å². The van der Waals surface area contributed by atoms with Crippen molar-refractivity contribution in [3.8, 4) is 0 Å². The molecule has 5 nitrogen and oxygen atoms in total. The number of thiazole rings is 1. The first kappa shape index (κ1) is 16.4. The Hall–Kier alpha value is -1.47. The Morgan fingerprint density at radius 3 is 2.96 bits per heavy atom. The van der Waals surface area contributed by atoms with Crippen LogP contribution in [-0.2, 0) is 9.53 Å². The molecule has 1 aromatic carbocycles. The van der Waals surface area contributed by atoms with Crippen LogP contribution < -0.4 is 5.32 Å². The lowest BCUT2D eigenvalue weighted by Crippen LogP contribution is -2.48. The highest BCUT2D eigenvalue weighted by atomic mass is 35.5. The van der Waals surface area contributed by atoms with Crippen LogP contribution in [-0.4, -0.2) is 41.5 Å². The van der Waals surface area contributed by atoms with E-state index in [1.165, 1.54) is 11.3 Å². The first-order valence-corrected chi connectivity index (χ1v) is 8.71. The Balaban J connectivity index is 1.63. The number of hydrogen-bond acceptors (Lipinski definition) is 5. The van der Waals surface area contributed by atoms with Crippen molar-refractivity contribution in [3.63, 3.8) is 0 Å². The summed E-state index contributed by atoms with van der Waals surface area (Å²) in [5.41, 5.74) is 1.08. The van der Waals surface area contributed by atoms with Gasteiger partial charge in [-0.2, -0.15) is 0 Å². The molecule has 2 atom stereocenters. The molecular formula is C16H18ClN3O2S. The van der Waals surface area contributed by atoms with E-state index < -0.39 is 0 Å². The van der Waals surface area contributed by atoms with Gasteiger partial charge in [-0.25, -0.2) is 4.98 Å². The van der Waals surface area contributed by atoms with E-state index in [0.717, 1.165) is 12.1 Å². The monoisotopic (exact) mass is 351 g/mol. The number of morpholine rings is 1. The van der Waals surface area contributed by atoms with Crippen LogP contribution in [0.3, 0.4) is 0 Å². The van der Waals surface area contributed by atoms with E-state index >= 15 is 0 Å². The quantitative estimate of drug-likeness (QED) is 0.919. The molecule has 0 bridgehead atoms. The molecule has 1 aromatic heterocycles. The van der Waals surface area contributed by atoms with Gasteiger partial charge in [-0.05, 0) is 24.6 Å². The number of carbonyl (C=O) groups excluding carboxylic acids is 1. The molecule has 3 rings (SSSR count). The van der Waals surface area contributed by atoms with Gasteiger partial charge in [0.15, 0.2) is 5.13 Å². The maximum absolute atomic E-state index is 12.4. The minimum absolute atomic E-state index is 0.0447. The first-order valence-electron chi connectivity index (χ1n) is 7.45. The Morgan fingerprint density at radius 2 is 2.26 bits per heavy atom. The first-order chi connectivity index (χ1) is 11.1. The van der Waals surface area contributed by atoms with Gasteiger partial charge in [0.2, 0.25) is 5.91 Å². The van der Waals surface area contributed by atoms with Gasteiger partial charge in [0.25, 0.3) is 0 Å². The van der Waals surface area contributed by atoms with E-state index in [1.807, 2.05) is 36.6 Å². The predicted octanol–water partition coefficient (Wildman–Crippen LogP) is 3.20. The van der Waals surface area contributed by atoms with Crippen molar-refractivity contribution < 1.29 is 9.53 Å². The highest BCUT2D eigenvalue weighted by Crippen LogP contribution is 2.25. The minimum atomic E-state index is -0.238. The molecule has 0 aliphatic carbocycles. The van der Waals surface area contributed by atoms with Gasteiger partial charge in [0, 0.05) is 29.7 Å². The molecule has 0 unspecified atom stereocenters. The summed E-state index contributed by atoms with van der Waals surface area (Å²) < 4.78 is 5.84. The number of anilines is 1. The number of aromatic nitrogens is 1. The van der Waals surface area contributed by atoms with Crippen LogP contribution in [0.5, 0.6) is 0 Å². The number of nitrogens with one attached hydrogen (secondary N) is 1. The molecule has 1 amide bonds. The zero-order valence-electron chi connectivity index (χ0n) is 12.7. The van der Waals surface area contributed by atoms with Crippen LogP contribution in [0.15, 0.2) is 35.8 Å². The lowest BCUT2D eigenvalue weighted by atomic mass is 10.1. The third-order valence-electron chi connectivity index (χ3n) is 3.93. The molecule has 0 spiro atoms. The summed E-state index contributed by atoms with van der Waals surface area (Å²) in [7, 11) is 0. The zero-order chi connectivity index (χ0) is 16.2. The lowest BCUT2D eigenvalue weighted by Gasteiger charge is -2.36. The smallest absolute Gasteiger partial charge is 0.243 e. The minimum Gasteiger partial charge on any atom is -0.371 e. The van der Waals surface area contributed by atoms with Gasteiger partial charge in [-0.1, -0.05) is 23.7 Å². The summed E-state index contributed by atoms with van der Waals surface area (Å²) in [6, 6.07) is 7.42. The third-order valence-corrected chi connectivity index (χ3v) is 4.87. The molecule has 1 aliphatic heterocycles. The summed E-state index contributed by atoms with van der Waals surface area (Å²) in [6.45, 7) is 3.92. The Labute approximate surface area is 144 Å². The molecule has 1 aliphatic rings. The van der Waals surface area contributed by atoms with Crippen molar-refractivity contribution in [1.82, 2.24) is 9.88 Å². The van der Waals surface area contributed by atoms with Gasteiger partial charge in [-0.15, -0.1) is 11.3 Å². The van der Waals surface area contributed by atoms with Crippen LogP contribution >= 0.6 is 22.9 Å². The van der Waals surface area contributed by atoms with E-state index in [9.17, 15) is 4.79 Å². The lowest BCUT2D eigenvalue weighted by molar-refractivity contribution is -0.124. The number of amides is 1. The van der Waals surface area contributed by atoms with E-state index in [4.69, 9.17) is 16.3 Å². The molecule has 1 N–H and O–H groups in total. The van der Waals surface area contributed by atoms with Crippen LogP contribution in [0.1, 0.15) is 18.6 Å². The molecule has 2 heterocycles. The van der Waals surface area contributed by atoms with Crippen LogP contribution in [0.25, 0.3) is 0 Å². The Morgan fingerprint density at radius 1 is 1.48 bits per heavy atom. The number of rotatable bonds is 4. The number of hydrogen-bond donors (Lipinski definition) is 1. The molecule has 1 saturated heterocycles. The van der Waals surface area contributed by atoms with Crippen molar-refractivity contribution in [3.05, 3.63) is 46.4 Å². The summed E-state index contributed by atoms with van der Waals surface area (Å²) in [6.07, 6.45) is 1.63. The molecule has 122 valence electrons. The molecule has 0 radical (unpaired) electrons. The summed E-state index contributed by atoms with van der Waals surface area (Å²) in [5.74, 6) is -0.0447. The maximum Gasteiger partial charge on any atom is 0.243 e. The molecule has 0 saturated carbocycles. The molecule has 2 aromatic rings. The number of nitrogens with zero attached hydrogens (tertiary/aromatic N) is 2. The normalized spacial score (nSPS) is 20.2. The van der Waals surface area contributed by atoms with Gasteiger partial charge < -0.3 is 10.1 Å². The second-order valence-electron chi connectivity index (χ2n) is 5.41. The molecular weight excluding hydrogens is 334 g/mol. The highest BCUT2D eigenvalue weighted by molar-refractivity contribution is 7.13. The fraction of sp³-hybridized carbons (Fsp3) is 0.375. The summed E-state index contributed by atoms with van der Waals surface area (Å²) in [5, 5.41) is 6.02. The largest absolute Gasteiger partial charge is 0.371 e. The summed E-state index contributed by atoms with van der Waals surface area (Å²) >= 11 is 7.35. The Kier molecular flexibility index (Phi) is 5.27. The second kappa shape index (κ2) is 7.40. The molecule has 23 heavy (non-hydrogen) atoms. The standard InChI is InChI=1S/C16H18ClN3O2S/c1-11(15(21)19-16-18-6-9-23-16)20-7-8-22-14(10-20)12-2-4-13(17)5-3-12/h2-6,9,11,14H,7-8,10H2,1H3,(H,18,19,21)/t11-,14+/m0/s1. The predicted molar refractivity (Wildman–Crippen MR) is 91.9 cm³/mol. The number of benzene rings is 1. The highest BCUT2D eigenvalue weighted by Gasteiger charge is 2.29. The van der Waals surface area contributed by atoms with Crippen molar-refractivity contribution in [2.45, 2.75) is 19.1 Å². The van der Waals surface area contributed by atoms with Crippen molar-refractivity contribution in [2.24, 2.45) is 0 Å². The number of carbonyl (C=O) groups is 1. The second-order valence-corrected chi connectivity index (χ2v) is 6.74. The SMILES string of the molecule is C[C@@H](C(=O)Nc1nccs1)N1CCO[C@@H](c2ccc(Cl)cc2)C1. The van der Waals surface area contributed by atoms with E-state index in [2.05, 4.69) is 15.2 Å². The van der Waals surface area contributed by atoms with E-state index in [0.29, 0.717) is 23.3 Å². The fourth-order valence-electron chi connectivity index (χ4n) is 2.56. The fourth-order valence-corrected chi connectivity index (χ4v) is 3.22. The van der Waals surface area contributed by atoms with Crippen molar-refractivity contribution in [2.75, 3.05) is 25.0 Å². The third kappa shape index (κ3) is 4.09.